The number of hydrogen-bond donors (Lipinski definition) is 1. The van der Waals surface area contributed by atoms with Crippen molar-refractivity contribution in [3.8, 4) is 0 Å². The van der Waals surface area contributed by atoms with Gasteiger partial charge < -0.3 is 10.6 Å². The van der Waals surface area contributed by atoms with Crippen molar-refractivity contribution >= 4 is 28.6 Å². The number of benzene rings is 1. The summed E-state index contributed by atoms with van der Waals surface area (Å²) in [4.78, 5) is 14.9. The van der Waals surface area contributed by atoms with Gasteiger partial charge in [-0.3, -0.25) is 4.79 Å². The molecule has 3 nitrogen and oxygen atoms in total. The summed E-state index contributed by atoms with van der Waals surface area (Å²) >= 11 is 1.45. The highest BCUT2D eigenvalue weighted by molar-refractivity contribution is 7.12. The molecular weight excluding hydrogens is 244 g/mol. The van der Waals surface area contributed by atoms with E-state index in [0.717, 1.165) is 17.0 Å². The number of carbonyl (C=O) groups excluding carboxylic acids is 1. The van der Waals surface area contributed by atoms with Gasteiger partial charge in [0, 0.05) is 6.54 Å². The molecule has 0 saturated heterocycles. The number of amides is 1. The van der Waals surface area contributed by atoms with Crippen molar-refractivity contribution in [1.29, 1.82) is 0 Å². The molecule has 0 saturated carbocycles. The number of rotatable bonds is 4. The summed E-state index contributed by atoms with van der Waals surface area (Å²) < 4.78 is 0. The Hall–Kier alpha value is -1.81. The molecule has 0 aliphatic rings. The van der Waals surface area contributed by atoms with E-state index in [-0.39, 0.29) is 5.91 Å². The summed E-state index contributed by atoms with van der Waals surface area (Å²) in [5.41, 5.74) is 7.38. The van der Waals surface area contributed by atoms with E-state index in [1.54, 1.807) is 4.90 Å². The Bertz CT molecular complexity index is 522. The van der Waals surface area contributed by atoms with Crippen LogP contribution in [-0.2, 0) is 0 Å². The Morgan fingerprint density at radius 2 is 2.06 bits per heavy atom. The molecule has 0 aliphatic heterocycles. The van der Waals surface area contributed by atoms with Crippen LogP contribution >= 0.6 is 11.3 Å². The molecular formula is C14H16N2OS. The summed E-state index contributed by atoms with van der Waals surface area (Å²) in [5, 5.41) is 1.91. The van der Waals surface area contributed by atoms with Crippen molar-refractivity contribution in [2.45, 2.75) is 13.3 Å². The van der Waals surface area contributed by atoms with Crippen LogP contribution in [0.4, 0.5) is 11.4 Å². The SMILES string of the molecule is CCCN(C(=O)c1cccs1)c1ccccc1N. The highest BCUT2D eigenvalue weighted by atomic mass is 32.1. The maximum atomic E-state index is 12.4. The minimum absolute atomic E-state index is 0.0183. The third-order valence-electron chi connectivity index (χ3n) is 2.65. The maximum absolute atomic E-state index is 12.4. The first-order chi connectivity index (χ1) is 8.74. The van der Waals surface area contributed by atoms with Gasteiger partial charge in [-0.1, -0.05) is 25.1 Å². The summed E-state index contributed by atoms with van der Waals surface area (Å²) in [6.07, 6.45) is 0.894. The summed E-state index contributed by atoms with van der Waals surface area (Å²) in [5.74, 6) is 0.0183. The monoisotopic (exact) mass is 260 g/mol. The first-order valence-corrected chi connectivity index (χ1v) is 6.82. The van der Waals surface area contributed by atoms with Gasteiger partial charge in [0.2, 0.25) is 0 Å². The fourth-order valence-corrected chi connectivity index (χ4v) is 2.49. The van der Waals surface area contributed by atoms with Gasteiger partial charge in [-0.15, -0.1) is 11.3 Å². The molecule has 0 atom stereocenters. The molecule has 1 aromatic carbocycles. The predicted molar refractivity (Wildman–Crippen MR) is 77.1 cm³/mol. The van der Waals surface area contributed by atoms with E-state index in [0.29, 0.717) is 12.2 Å². The molecule has 0 aliphatic carbocycles. The van der Waals surface area contributed by atoms with Crippen molar-refractivity contribution in [2.75, 3.05) is 17.2 Å². The molecule has 18 heavy (non-hydrogen) atoms. The first-order valence-electron chi connectivity index (χ1n) is 5.94. The Balaban J connectivity index is 2.34. The van der Waals surface area contributed by atoms with Crippen molar-refractivity contribution < 1.29 is 4.79 Å². The predicted octanol–water partition coefficient (Wildman–Crippen LogP) is 3.39. The van der Waals surface area contributed by atoms with E-state index < -0.39 is 0 Å². The fourth-order valence-electron chi connectivity index (χ4n) is 1.82. The van der Waals surface area contributed by atoms with Gasteiger partial charge in [0.25, 0.3) is 5.91 Å². The Kier molecular flexibility index (Phi) is 3.99. The first kappa shape index (κ1) is 12.6. The average Bonchev–Trinajstić information content (AvgIpc) is 2.90. The molecule has 0 radical (unpaired) electrons. The number of nitrogens with zero attached hydrogens (tertiary/aromatic N) is 1. The van der Waals surface area contributed by atoms with Crippen LogP contribution in [0.2, 0.25) is 0 Å². The minimum atomic E-state index is 0.0183. The van der Waals surface area contributed by atoms with E-state index in [2.05, 4.69) is 0 Å². The molecule has 2 aromatic rings. The van der Waals surface area contributed by atoms with E-state index in [4.69, 9.17) is 5.73 Å². The fraction of sp³-hybridized carbons (Fsp3) is 0.214. The van der Waals surface area contributed by atoms with Crippen molar-refractivity contribution in [3.63, 3.8) is 0 Å². The van der Waals surface area contributed by atoms with Crippen LogP contribution in [0.15, 0.2) is 41.8 Å². The standard InChI is InChI=1S/C14H16N2OS/c1-2-9-16(12-7-4-3-6-11(12)15)14(17)13-8-5-10-18-13/h3-8,10H,2,9,15H2,1H3. The van der Waals surface area contributed by atoms with Crippen molar-refractivity contribution in [1.82, 2.24) is 0 Å². The lowest BCUT2D eigenvalue weighted by atomic mass is 10.2. The van der Waals surface area contributed by atoms with Crippen LogP contribution in [0.5, 0.6) is 0 Å². The second kappa shape index (κ2) is 5.69. The van der Waals surface area contributed by atoms with Crippen molar-refractivity contribution in [3.05, 3.63) is 46.7 Å². The molecule has 0 fully saturated rings. The molecule has 4 heteroatoms. The van der Waals surface area contributed by atoms with Gasteiger partial charge in [-0.2, -0.15) is 0 Å². The molecule has 0 spiro atoms. The third-order valence-corrected chi connectivity index (χ3v) is 3.51. The molecule has 0 unspecified atom stereocenters. The van der Waals surface area contributed by atoms with E-state index in [1.807, 2.05) is 48.7 Å². The largest absolute Gasteiger partial charge is 0.397 e. The molecule has 1 amide bonds. The quantitative estimate of drug-likeness (QED) is 0.856. The topological polar surface area (TPSA) is 46.3 Å². The summed E-state index contributed by atoms with van der Waals surface area (Å²) in [6, 6.07) is 11.2. The smallest absolute Gasteiger partial charge is 0.268 e. The lowest BCUT2D eigenvalue weighted by Gasteiger charge is -2.23. The van der Waals surface area contributed by atoms with Gasteiger partial charge in [-0.05, 0) is 30.0 Å². The summed E-state index contributed by atoms with van der Waals surface area (Å²) in [7, 11) is 0. The Labute approximate surface area is 111 Å². The average molecular weight is 260 g/mol. The second-order valence-corrected chi connectivity index (χ2v) is 4.94. The van der Waals surface area contributed by atoms with Crippen molar-refractivity contribution in [2.24, 2.45) is 0 Å². The zero-order valence-corrected chi connectivity index (χ0v) is 11.1. The van der Waals surface area contributed by atoms with E-state index >= 15 is 0 Å². The number of nitrogen functional groups attached to an aromatic ring is 1. The van der Waals surface area contributed by atoms with Crippen LogP contribution in [0.3, 0.4) is 0 Å². The number of hydrogen-bond acceptors (Lipinski definition) is 3. The zero-order valence-electron chi connectivity index (χ0n) is 10.3. The van der Waals surface area contributed by atoms with E-state index in [9.17, 15) is 4.79 Å². The maximum Gasteiger partial charge on any atom is 0.268 e. The second-order valence-electron chi connectivity index (χ2n) is 3.99. The van der Waals surface area contributed by atoms with Crippen LogP contribution < -0.4 is 10.6 Å². The van der Waals surface area contributed by atoms with Gasteiger partial charge in [-0.25, -0.2) is 0 Å². The van der Waals surface area contributed by atoms with Gasteiger partial charge in [0.05, 0.1) is 16.3 Å². The highest BCUT2D eigenvalue weighted by Gasteiger charge is 2.19. The molecule has 1 heterocycles. The Morgan fingerprint density at radius 3 is 2.67 bits per heavy atom. The number of nitrogens with two attached hydrogens (primary N) is 1. The number of carbonyl (C=O) groups is 1. The lowest BCUT2D eigenvalue weighted by Crippen LogP contribution is -2.31. The number of para-hydroxylation sites is 2. The third kappa shape index (κ3) is 2.54. The summed E-state index contributed by atoms with van der Waals surface area (Å²) in [6.45, 7) is 2.72. The molecule has 2 rings (SSSR count). The van der Waals surface area contributed by atoms with Crippen LogP contribution in [0, 0.1) is 0 Å². The van der Waals surface area contributed by atoms with E-state index in [1.165, 1.54) is 11.3 Å². The number of thiophene rings is 1. The minimum Gasteiger partial charge on any atom is -0.397 e. The normalized spacial score (nSPS) is 10.3. The van der Waals surface area contributed by atoms with Crippen LogP contribution in [0.25, 0.3) is 0 Å². The van der Waals surface area contributed by atoms with Gasteiger partial charge in [0.1, 0.15) is 0 Å². The van der Waals surface area contributed by atoms with Crippen LogP contribution in [0.1, 0.15) is 23.0 Å². The number of anilines is 2. The lowest BCUT2D eigenvalue weighted by molar-refractivity contribution is 0.0991. The zero-order chi connectivity index (χ0) is 13.0. The Morgan fingerprint density at radius 1 is 1.28 bits per heavy atom. The molecule has 94 valence electrons. The highest BCUT2D eigenvalue weighted by Crippen LogP contribution is 2.25. The molecule has 0 bridgehead atoms. The van der Waals surface area contributed by atoms with Crippen LogP contribution in [-0.4, -0.2) is 12.5 Å². The molecule has 2 N–H and O–H groups in total. The van der Waals surface area contributed by atoms with Gasteiger partial charge in [0.15, 0.2) is 0 Å². The molecule has 1 aromatic heterocycles. The van der Waals surface area contributed by atoms with Gasteiger partial charge >= 0.3 is 0 Å².